The van der Waals surface area contributed by atoms with E-state index in [0.29, 0.717) is 5.41 Å². The molecule has 0 amide bonds. The molecule has 1 nitrogen and oxygen atoms in total. The van der Waals surface area contributed by atoms with E-state index < -0.39 is 0 Å². The monoisotopic (exact) mass is 172 g/mol. The molecule has 0 bridgehead atoms. The Morgan fingerprint density at radius 3 is 1.75 bits per heavy atom. The number of rotatable bonds is 7. The van der Waals surface area contributed by atoms with Crippen LogP contribution in [-0.4, -0.2) is 13.2 Å². The molecular formula is C11H24O. The lowest BCUT2D eigenvalue weighted by Crippen LogP contribution is -2.24. The maximum Gasteiger partial charge on any atom is 0.0522 e. The van der Waals surface area contributed by atoms with Gasteiger partial charge in [-0.25, -0.2) is 0 Å². The second-order valence-electron chi connectivity index (χ2n) is 3.61. The average Bonchev–Trinajstić information content (AvgIpc) is 2.14. The predicted octanol–water partition coefficient (Wildman–Crippen LogP) is 3.63. The highest BCUT2D eigenvalue weighted by atomic mass is 16.5. The Hall–Kier alpha value is -0.0400. The van der Waals surface area contributed by atoms with Crippen molar-refractivity contribution in [1.29, 1.82) is 0 Å². The van der Waals surface area contributed by atoms with Gasteiger partial charge in [-0.2, -0.15) is 0 Å². The van der Waals surface area contributed by atoms with E-state index in [1.165, 1.54) is 19.3 Å². The van der Waals surface area contributed by atoms with Crippen LogP contribution in [0.25, 0.3) is 0 Å². The Bertz CT molecular complexity index is 86.9. The van der Waals surface area contributed by atoms with Gasteiger partial charge in [0.25, 0.3) is 0 Å². The molecule has 0 fully saturated rings. The van der Waals surface area contributed by atoms with Crippen LogP contribution in [0.3, 0.4) is 0 Å². The van der Waals surface area contributed by atoms with Crippen molar-refractivity contribution in [1.82, 2.24) is 0 Å². The zero-order chi connectivity index (χ0) is 9.45. The minimum Gasteiger partial charge on any atom is -0.381 e. The lowest BCUT2D eigenvalue weighted by atomic mass is 9.81. The molecule has 0 aromatic rings. The normalized spacial score (nSPS) is 12.0. The third-order valence-corrected chi connectivity index (χ3v) is 3.01. The van der Waals surface area contributed by atoms with Crippen molar-refractivity contribution >= 4 is 0 Å². The fourth-order valence-corrected chi connectivity index (χ4v) is 1.49. The van der Waals surface area contributed by atoms with Crippen molar-refractivity contribution < 1.29 is 4.74 Å². The zero-order valence-electron chi connectivity index (χ0n) is 9.15. The van der Waals surface area contributed by atoms with Gasteiger partial charge in [0.2, 0.25) is 0 Å². The summed E-state index contributed by atoms with van der Waals surface area (Å²) in [5, 5.41) is 0. The highest BCUT2D eigenvalue weighted by Gasteiger charge is 2.23. The Morgan fingerprint density at radius 1 is 0.917 bits per heavy atom. The van der Waals surface area contributed by atoms with E-state index in [-0.39, 0.29) is 0 Å². The molecule has 0 atom stereocenters. The lowest BCUT2D eigenvalue weighted by molar-refractivity contribution is 0.0356. The van der Waals surface area contributed by atoms with Gasteiger partial charge in [0.05, 0.1) is 6.61 Å². The summed E-state index contributed by atoms with van der Waals surface area (Å²) in [6.07, 6.45) is 4.85. The third kappa shape index (κ3) is 3.57. The molecule has 0 N–H and O–H groups in total. The van der Waals surface area contributed by atoms with E-state index in [4.69, 9.17) is 4.74 Å². The Kier molecular flexibility index (Phi) is 6.45. The molecular weight excluding hydrogens is 148 g/mol. The standard InChI is InChI=1S/C11H24O/c1-5-9-12-10-11(6-2,7-3)8-4/h5-10H2,1-4H3. The Labute approximate surface area is 77.5 Å². The van der Waals surface area contributed by atoms with Crippen molar-refractivity contribution in [3.63, 3.8) is 0 Å². The van der Waals surface area contributed by atoms with Crippen LogP contribution in [0.5, 0.6) is 0 Å². The van der Waals surface area contributed by atoms with E-state index in [9.17, 15) is 0 Å². The van der Waals surface area contributed by atoms with Crippen molar-refractivity contribution in [3.05, 3.63) is 0 Å². The molecule has 0 saturated heterocycles. The summed E-state index contributed by atoms with van der Waals surface area (Å²) < 4.78 is 5.62. The van der Waals surface area contributed by atoms with Gasteiger partial charge in [-0.1, -0.05) is 27.7 Å². The predicted molar refractivity (Wildman–Crippen MR) is 54.4 cm³/mol. The number of ether oxygens (including phenoxy) is 1. The zero-order valence-corrected chi connectivity index (χ0v) is 9.15. The fourth-order valence-electron chi connectivity index (χ4n) is 1.49. The molecule has 1 heteroatoms. The topological polar surface area (TPSA) is 9.23 Å². The molecule has 0 heterocycles. The summed E-state index contributed by atoms with van der Waals surface area (Å²) >= 11 is 0. The van der Waals surface area contributed by atoms with Crippen LogP contribution < -0.4 is 0 Å². The van der Waals surface area contributed by atoms with Crippen molar-refractivity contribution in [3.8, 4) is 0 Å². The quantitative estimate of drug-likeness (QED) is 0.533. The second kappa shape index (κ2) is 6.47. The first-order valence-corrected chi connectivity index (χ1v) is 5.32. The van der Waals surface area contributed by atoms with Crippen LogP contribution in [0.2, 0.25) is 0 Å². The van der Waals surface area contributed by atoms with Crippen LogP contribution >= 0.6 is 0 Å². The Morgan fingerprint density at radius 2 is 1.42 bits per heavy atom. The summed E-state index contributed by atoms with van der Waals surface area (Å²) in [4.78, 5) is 0. The largest absolute Gasteiger partial charge is 0.381 e. The van der Waals surface area contributed by atoms with Crippen molar-refractivity contribution in [2.24, 2.45) is 5.41 Å². The molecule has 0 aliphatic heterocycles. The van der Waals surface area contributed by atoms with E-state index in [1.54, 1.807) is 0 Å². The van der Waals surface area contributed by atoms with Gasteiger partial charge in [-0.3, -0.25) is 0 Å². The summed E-state index contributed by atoms with van der Waals surface area (Å²) in [5.41, 5.74) is 0.454. The lowest BCUT2D eigenvalue weighted by Gasteiger charge is -2.29. The fraction of sp³-hybridized carbons (Fsp3) is 1.00. The first-order valence-electron chi connectivity index (χ1n) is 5.32. The molecule has 0 radical (unpaired) electrons. The Balaban J connectivity index is 3.76. The molecule has 0 aliphatic rings. The molecule has 0 aromatic carbocycles. The minimum atomic E-state index is 0.454. The molecule has 0 spiro atoms. The minimum absolute atomic E-state index is 0.454. The van der Waals surface area contributed by atoms with Gasteiger partial charge >= 0.3 is 0 Å². The molecule has 74 valence electrons. The molecule has 12 heavy (non-hydrogen) atoms. The van der Waals surface area contributed by atoms with Crippen LogP contribution in [0.4, 0.5) is 0 Å². The molecule has 0 aliphatic carbocycles. The number of hydrogen-bond donors (Lipinski definition) is 0. The van der Waals surface area contributed by atoms with E-state index in [0.717, 1.165) is 19.6 Å². The van der Waals surface area contributed by atoms with Gasteiger partial charge in [-0.15, -0.1) is 0 Å². The first kappa shape index (κ1) is 12.0. The maximum absolute atomic E-state index is 5.62. The molecule has 0 rings (SSSR count). The SMILES string of the molecule is CCCOCC(CC)(CC)CC. The molecule has 0 aromatic heterocycles. The molecule has 0 unspecified atom stereocenters. The van der Waals surface area contributed by atoms with Crippen molar-refractivity contribution in [2.45, 2.75) is 53.4 Å². The average molecular weight is 172 g/mol. The summed E-state index contributed by atoms with van der Waals surface area (Å²) in [6, 6.07) is 0. The van der Waals surface area contributed by atoms with Crippen LogP contribution in [-0.2, 0) is 4.74 Å². The van der Waals surface area contributed by atoms with Gasteiger partial charge in [-0.05, 0) is 31.1 Å². The summed E-state index contributed by atoms with van der Waals surface area (Å²) in [6.45, 7) is 10.8. The van der Waals surface area contributed by atoms with Crippen LogP contribution in [0.1, 0.15) is 53.4 Å². The van der Waals surface area contributed by atoms with Crippen LogP contribution in [0.15, 0.2) is 0 Å². The van der Waals surface area contributed by atoms with E-state index >= 15 is 0 Å². The van der Waals surface area contributed by atoms with Gasteiger partial charge in [0.1, 0.15) is 0 Å². The smallest absolute Gasteiger partial charge is 0.0522 e. The second-order valence-corrected chi connectivity index (χ2v) is 3.61. The number of hydrogen-bond acceptors (Lipinski definition) is 1. The summed E-state index contributed by atoms with van der Waals surface area (Å²) in [7, 11) is 0. The third-order valence-electron chi connectivity index (χ3n) is 3.01. The first-order chi connectivity index (χ1) is 5.74. The summed E-state index contributed by atoms with van der Waals surface area (Å²) in [5.74, 6) is 0. The highest BCUT2D eigenvalue weighted by Crippen LogP contribution is 2.30. The van der Waals surface area contributed by atoms with Crippen LogP contribution in [0, 0.1) is 5.41 Å². The molecule has 0 saturated carbocycles. The van der Waals surface area contributed by atoms with E-state index in [2.05, 4.69) is 27.7 Å². The van der Waals surface area contributed by atoms with E-state index in [1.807, 2.05) is 0 Å². The van der Waals surface area contributed by atoms with Gasteiger partial charge in [0, 0.05) is 6.61 Å². The van der Waals surface area contributed by atoms with Gasteiger partial charge < -0.3 is 4.74 Å². The van der Waals surface area contributed by atoms with Crippen molar-refractivity contribution in [2.75, 3.05) is 13.2 Å². The highest BCUT2D eigenvalue weighted by molar-refractivity contribution is 4.74. The van der Waals surface area contributed by atoms with Gasteiger partial charge in [0.15, 0.2) is 0 Å². The maximum atomic E-state index is 5.62.